The van der Waals surface area contributed by atoms with Crippen LogP contribution in [0.2, 0.25) is 5.02 Å². The highest BCUT2D eigenvalue weighted by molar-refractivity contribution is 6.31. The van der Waals surface area contributed by atoms with E-state index in [1.165, 1.54) is 0 Å². The number of anilines is 1. The van der Waals surface area contributed by atoms with Crippen LogP contribution >= 0.6 is 11.6 Å². The van der Waals surface area contributed by atoms with E-state index in [9.17, 15) is 28.1 Å². The van der Waals surface area contributed by atoms with Crippen LogP contribution in [0.25, 0.3) is 0 Å². The normalized spacial score (nSPS) is 13.6. The number of benzene rings is 2. The summed E-state index contributed by atoms with van der Waals surface area (Å²) in [5.41, 5.74) is -1.73. The molecule has 0 unspecified atom stereocenters. The van der Waals surface area contributed by atoms with Gasteiger partial charge in [0.05, 0.1) is 16.2 Å². The van der Waals surface area contributed by atoms with Crippen LogP contribution in [0.1, 0.15) is 31.0 Å². The second-order valence-electron chi connectivity index (χ2n) is 6.27. The fourth-order valence-corrected chi connectivity index (χ4v) is 3.01. The summed E-state index contributed by atoms with van der Waals surface area (Å²) in [4.78, 5) is 22.2. The quantitative estimate of drug-likeness (QED) is 0.552. The number of amides is 1. The zero-order valence-electron chi connectivity index (χ0n) is 15.0. The van der Waals surface area contributed by atoms with E-state index in [1.807, 2.05) is 6.92 Å². The highest BCUT2D eigenvalue weighted by Crippen LogP contribution is 2.37. The first-order valence-electron chi connectivity index (χ1n) is 8.26. The third-order valence-corrected chi connectivity index (χ3v) is 4.51. The summed E-state index contributed by atoms with van der Waals surface area (Å²) in [6, 6.07) is 8.30. The summed E-state index contributed by atoms with van der Waals surface area (Å²) in [6.45, 7) is 3.36. The summed E-state index contributed by atoms with van der Waals surface area (Å²) in [5.74, 6) is -0.668. The van der Waals surface area contributed by atoms with E-state index in [2.05, 4.69) is 5.32 Å². The number of halogens is 4. The van der Waals surface area contributed by atoms with Crippen LogP contribution in [0, 0.1) is 10.1 Å². The molecule has 2 rings (SSSR count). The second-order valence-corrected chi connectivity index (χ2v) is 6.67. The van der Waals surface area contributed by atoms with Gasteiger partial charge in [-0.15, -0.1) is 0 Å². The molecular weight excluding hydrogens is 399 g/mol. The molecular formula is C18H18ClF3N3O3+. The smallest absolute Gasteiger partial charge is 0.330 e. The van der Waals surface area contributed by atoms with Crippen LogP contribution in [-0.2, 0) is 11.0 Å². The molecule has 2 aromatic carbocycles. The first kappa shape index (κ1) is 21.6. The molecule has 0 bridgehead atoms. The van der Waals surface area contributed by atoms with Crippen LogP contribution in [-0.4, -0.2) is 16.9 Å². The Hall–Kier alpha value is -2.65. The van der Waals surface area contributed by atoms with Gasteiger partial charge in [0.1, 0.15) is 6.04 Å². The largest absolute Gasteiger partial charge is 0.418 e. The van der Waals surface area contributed by atoms with Gasteiger partial charge in [-0.25, -0.2) is 0 Å². The molecule has 0 fully saturated rings. The Kier molecular flexibility index (Phi) is 6.63. The van der Waals surface area contributed by atoms with Crippen LogP contribution in [0.4, 0.5) is 24.5 Å². The molecule has 10 heteroatoms. The lowest BCUT2D eigenvalue weighted by atomic mass is 10.1. The van der Waals surface area contributed by atoms with E-state index in [1.54, 1.807) is 36.5 Å². The molecule has 1 amide bonds. The maximum atomic E-state index is 13.2. The lowest BCUT2D eigenvalue weighted by molar-refractivity contribution is -0.709. The minimum atomic E-state index is -4.85. The number of alkyl halides is 3. The molecule has 2 aromatic rings. The Morgan fingerprint density at radius 3 is 2.43 bits per heavy atom. The molecule has 28 heavy (non-hydrogen) atoms. The third kappa shape index (κ3) is 5.20. The molecule has 0 aliphatic carbocycles. The van der Waals surface area contributed by atoms with Gasteiger partial charge in [0.25, 0.3) is 11.6 Å². The lowest BCUT2D eigenvalue weighted by Crippen LogP contribution is -2.91. The predicted octanol–water partition coefficient (Wildman–Crippen LogP) is 3.92. The highest BCUT2D eigenvalue weighted by Gasteiger charge is 2.36. The Morgan fingerprint density at radius 2 is 1.86 bits per heavy atom. The van der Waals surface area contributed by atoms with Crippen LogP contribution in [0.5, 0.6) is 0 Å². The van der Waals surface area contributed by atoms with Gasteiger partial charge in [-0.3, -0.25) is 14.9 Å². The zero-order valence-corrected chi connectivity index (χ0v) is 15.7. The number of nitrogens with zero attached hydrogens (tertiary/aromatic N) is 1. The average molecular weight is 417 g/mol. The fraction of sp³-hybridized carbons (Fsp3) is 0.278. The maximum absolute atomic E-state index is 13.2. The van der Waals surface area contributed by atoms with Crippen molar-refractivity contribution >= 4 is 28.9 Å². The molecule has 2 atom stereocenters. The molecule has 0 radical (unpaired) electrons. The first-order valence-corrected chi connectivity index (χ1v) is 8.64. The number of nitro groups is 1. The van der Waals surface area contributed by atoms with Crippen molar-refractivity contribution in [3.63, 3.8) is 0 Å². The number of nitro benzene ring substituents is 1. The number of nitrogens with one attached hydrogen (secondary N) is 1. The number of nitrogens with two attached hydrogens (primary N) is 1. The minimum absolute atomic E-state index is 0.214. The highest BCUT2D eigenvalue weighted by atomic mass is 35.5. The fourth-order valence-electron chi connectivity index (χ4n) is 2.70. The van der Waals surface area contributed by atoms with Crippen LogP contribution < -0.4 is 10.6 Å². The van der Waals surface area contributed by atoms with Gasteiger partial charge in [-0.2, -0.15) is 13.2 Å². The Balaban J connectivity index is 2.17. The van der Waals surface area contributed by atoms with Crippen molar-refractivity contribution < 1.29 is 28.2 Å². The zero-order chi connectivity index (χ0) is 21.1. The van der Waals surface area contributed by atoms with Crippen molar-refractivity contribution in [2.24, 2.45) is 0 Å². The number of rotatable bonds is 6. The van der Waals surface area contributed by atoms with Gasteiger partial charge in [0.15, 0.2) is 6.04 Å². The predicted molar refractivity (Wildman–Crippen MR) is 98.0 cm³/mol. The van der Waals surface area contributed by atoms with E-state index in [4.69, 9.17) is 11.6 Å². The number of hydrogen-bond donors (Lipinski definition) is 2. The van der Waals surface area contributed by atoms with Gasteiger partial charge >= 0.3 is 6.18 Å². The van der Waals surface area contributed by atoms with E-state index in [0.717, 1.165) is 17.7 Å². The SMILES string of the molecule is C[C@H]([NH2+][C@H](C)c1ccccc1Cl)C(=O)Nc1ccc([N+](=O)[O-])cc1C(F)(F)F. The minimum Gasteiger partial charge on any atom is -0.330 e. The molecule has 0 saturated heterocycles. The van der Waals surface area contributed by atoms with E-state index in [-0.39, 0.29) is 6.04 Å². The van der Waals surface area contributed by atoms with Crippen LogP contribution in [0.15, 0.2) is 42.5 Å². The monoisotopic (exact) mass is 416 g/mol. The van der Waals surface area contributed by atoms with E-state index < -0.39 is 40.0 Å². The second kappa shape index (κ2) is 8.57. The Morgan fingerprint density at radius 1 is 1.21 bits per heavy atom. The van der Waals surface area contributed by atoms with Gasteiger partial charge in [-0.05, 0) is 26.0 Å². The van der Waals surface area contributed by atoms with Gasteiger partial charge in [-0.1, -0.05) is 29.8 Å². The number of carbonyl (C=O) groups is 1. The van der Waals surface area contributed by atoms with Gasteiger partial charge < -0.3 is 10.6 Å². The third-order valence-electron chi connectivity index (χ3n) is 4.16. The van der Waals surface area contributed by atoms with Crippen LogP contribution in [0.3, 0.4) is 0 Å². The standard InChI is InChI=1S/C18H17ClF3N3O3/c1-10(13-5-3-4-6-15(13)19)23-11(2)17(26)24-16-8-7-12(25(27)28)9-14(16)18(20,21)22/h3-11,23H,1-2H3,(H,24,26)/p+1/t10-,11+/m1/s1. The molecule has 3 N–H and O–H groups in total. The summed E-state index contributed by atoms with van der Waals surface area (Å²) < 4.78 is 39.7. The molecule has 0 aromatic heterocycles. The molecule has 0 aliphatic rings. The summed E-state index contributed by atoms with van der Waals surface area (Å²) >= 11 is 6.12. The number of non-ortho nitro benzene ring substituents is 1. The van der Waals surface area contributed by atoms with E-state index in [0.29, 0.717) is 11.1 Å². The Labute approximate surface area is 163 Å². The molecule has 6 nitrogen and oxygen atoms in total. The molecule has 0 aliphatic heterocycles. The molecule has 150 valence electrons. The van der Waals surface area contributed by atoms with Crippen molar-refractivity contribution in [1.29, 1.82) is 0 Å². The van der Waals surface area contributed by atoms with Crippen molar-refractivity contribution in [2.45, 2.75) is 32.1 Å². The van der Waals surface area contributed by atoms with Crippen molar-refractivity contribution in [3.8, 4) is 0 Å². The Bertz CT molecular complexity index is 890. The first-order chi connectivity index (χ1) is 13.0. The summed E-state index contributed by atoms with van der Waals surface area (Å²) in [5, 5.41) is 15.1. The van der Waals surface area contributed by atoms with Crippen molar-refractivity contribution in [1.82, 2.24) is 0 Å². The topological polar surface area (TPSA) is 88.8 Å². The molecule has 0 saturated carbocycles. The molecule has 0 spiro atoms. The average Bonchev–Trinajstić information content (AvgIpc) is 2.61. The van der Waals surface area contributed by atoms with Crippen molar-refractivity contribution in [2.75, 3.05) is 5.32 Å². The van der Waals surface area contributed by atoms with Gasteiger partial charge in [0, 0.05) is 22.7 Å². The maximum Gasteiger partial charge on any atom is 0.418 e. The van der Waals surface area contributed by atoms with Gasteiger partial charge in [0.2, 0.25) is 0 Å². The summed E-state index contributed by atoms with van der Waals surface area (Å²) in [7, 11) is 0. The number of quaternary nitrogens is 1. The lowest BCUT2D eigenvalue weighted by Gasteiger charge is -2.19. The van der Waals surface area contributed by atoms with Crippen molar-refractivity contribution in [3.05, 3.63) is 68.7 Å². The summed E-state index contributed by atoms with van der Waals surface area (Å²) in [6.07, 6.45) is -4.85. The number of hydrogen-bond acceptors (Lipinski definition) is 3. The number of carbonyl (C=O) groups excluding carboxylic acids is 1. The van der Waals surface area contributed by atoms with E-state index >= 15 is 0 Å². The molecule has 0 heterocycles.